The number of carbonyl (C=O) groups excluding carboxylic acids is 1. The molecule has 0 radical (unpaired) electrons. The van der Waals surface area contributed by atoms with Crippen molar-refractivity contribution in [1.82, 2.24) is 4.90 Å². The number of amides is 1. The molecule has 0 aliphatic carbocycles. The number of piperidine rings is 1. The molecular weight excluding hydrogens is 328 g/mol. The number of anilines is 1. The standard InChI is InChI=1S/C21H34N2O3/c1-6-26-21(4,5)20(24)22-18-7-9-19(10-8-18)25-12-11-23-14-16(2)13-17(3)15-23/h7-10,16-17H,6,11-15H2,1-5H3,(H,22,24)/t16-,17-/m1/s1. The van der Waals surface area contributed by atoms with Crippen LogP contribution in [0.2, 0.25) is 0 Å². The van der Waals surface area contributed by atoms with Crippen molar-refractivity contribution >= 4 is 11.6 Å². The van der Waals surface area contributed by atoms with Crippen molar-refractivity contribution < 1.29 is 14.3 Å². The molecule has 146 valence electrons. The lowest BCUT2D eigenvalue weighted by Gasteiger charge is -2.34. The Morgan fingerprint density at radius 2 is 1.81 bits per heavy atom. The van der Waals surface area contributed by atoms with Crippen LogP contribution < -0.4 is 10.1 Å². The number of benzene rings is 1. The number of hydrogen-bond donors (Lipinski definition) is 1. The smallest absolute Gasteiger partial charge is 0.256 e. The summed E-state index contributed by atoms with van der Waals surface area (Å²) in [6.45, 7) is 14.5. The van der Waals surface area contributed by atoms with Crippen molar-refractivity contribution in [3.8, 4) is 5.75 Å². The zero-order valence-electron chi connectivity index (χ0n) is 16.9. The van der Waals surface area contributed by atoms with Gasteiger partial charge in [-0.05, 0) is 63.3 Å². The van der Waals surface area contributed by atoms with Gasteiger partial charge in [0, 0.05) is 31.9 Å². The molecule has 0 aromatic heterocycles. The van der Waals surface area contributed by atoms with Gasteiger partial charge < -0.3 is 14.8 Å². The maximum atomic E-state index is 12.2. The summed E-state index contributed by atoms with van der Waals surface area (Å²) in [7, 11) is 0. The molecule has 1 fully saturated rings. The Morgan fingerprint density at radius 3 is 2.38 bits per heavy atom. The fourth-order valence-corrected chi connectivity index (χ4v) is 3.61. The Bertz CT molecular complexity index is 561. The van der Waals surface area contributed by atoms with E-state index in [-0.39, 0.29) is 5.91 Å². The van der Waals surface area contributed by atoms with Gasteiger partial charge in [0.25, 0.3) is 5.91 Å². The van der Waals surface area contributed by atoms with Crippen LogP contribution in [0.3, 0.4) is 0 Å². The van der Waals surface area contributed by atoms with Gasteiger partial charge in [0.2, 0.25) is 0 Å². The van der Waals surface area contributed by atoms with Gasteiger partial charge in [-0.2, -0.15) is 0 Å². The molecule has 1 aromatic carbocycles. The third kappa shape index (κ3) is 6.29. The molecule has 1 amide bonds. The van der Waals surface area contributed by atoms with Gasteiger partial charge >= 0.3 is 0 Å². The summed E-state index contributed by atoms with van der Waals surface area (Å²) in [4.78, 5) is 14.7. The molecule has 0 saturated carbocycles. The average Bonchev–Trinajstić information content (AvgIpc) is 2.55. The summed E-state index contributed by atoms with van der Waals surface area (Å²) >= 11 is 0. The Balaban J connectivity index is 1.78. The lowest BCUT2D eigenvalue weighted by molar-refractivity contribution is -0.136. The maximum Gasteiger partial charge on any atom is 0.256 e. The molecular formula is C21H34N2O3. The lowest BCUT2D eigenvalue weighted by Crippen LogP contribution is -2.40. The number of ether oxygens (including phenoxy) is 2. The molecule has 0 spiro atoms. The third-order valence-corrected chi connectivity index (χ3v) is 4.78. The molecule has 5 nitrogen and oxygen atoms in total. The number of nitrogens with one attached hydrogen (secondary N) is 1. The number of nitrogens with zero attached hydrogens (tertiary/aromatic N) is 1. The summed E-state index contributed by atoms with van der Waals surface area (Å²) < 4.78 is 11.3. The molecule has 0 bridgehead atoms. The van der Waals surface area contributed by atoms with E-state index in [1.54, 1.807) is 13.8 Å². The molecule has 0 unspecified atom stereocenters. The van der Waals surface area contributed by atoms with Crippen LogP contribution in [0.1, 0.15) is 41.0 Å². The highest BCUT2D eigenvalue weighted by Gasteiger charge is 2.27. The van der Waals surface area contributed by atoms with E-state index < -0.39 is 5.60 Å². The minimum absolute atomic E-state index is 0.152. The normalized spacial score (nSPS) is 21.4. The Hall–Kier alpha value is -1.59. The van der Waals surface area contributed by atoms with Gasteiger partial charge in [-0.1, -0.05) is 13.8 Å². The molecule has 1 saturated heterocycles. The number of carbonyl (C=O) groups is 1. The maximum absolute atomic E-state index is 12.2. The van der Waals surface area contributed by atoms with E-state index in [1.807, 2.05) is 31.2 Å². The summed E-state index contributed by atoms with van der Waals surface area (Å²) in [5.41, 5.74) is -0.0964. The van der Waals surface area contributed by atoms with Crippen LogP contribution in [0, 0.1) is 11.8 Å². The molecule has 1 aromatic rings. The van der Waals surface area contributed by atoms with E-state index in [4.69, 9.17) is 9.47 Å². The van der Waals surface area contributed by atoms with E-state index >= 15 is 0 Å². The molecule has 2 atom stereocenters. The first-order chi connectivity index (χ1) is 12.3. The summed E-state index contributed by atoms with van der Waals surface area (Å²) in [5.74, 6) is 2.21. The second-order valence-electron chi connectivity index (χ2n) is 7.98. The molecule has 5 heteroatoms. The van der Waals surface area contributed by atoms with E-state index in [2.05, 4.69) is 24.1 Å². The first kappa shape index (κ1) is 20.7. The fourth-order valence-electron chi connectivity index (χ4n) is 3.61. The zero-order valence-corrected chi connectivity index (χ0v) is 16.9. The van der Waals surface area contributed by atoms with Crippen molar-refractivity contribution in [2.75, 3.05) is 38.2 Å². The van der Waals surface area contributed by atoms with Crippen molar-refractivity contribution in [3.63, 3.8) is 0 Å². The van der Waals surface area contributed by atoms with Crippen LogP contribution in [-0.4, -0.2) is 49.3 Å². The summed E-state index contributed by atoms with van der Waals surface area (Å²) in [6, 6.07) is 7.51. The molecule has 1 aliphatic heterocycles. The summed E-state index contributed by atoms with van der Waals surface area (Å²) in [5, 5.41) is 2.88. The highest BCUT2D eigenvalue weighted by atomic mass is 16.5. The largest absolute Gasteiger partial charge is 0.492 e. The zero-order chi connectivity index (χ0) is 19.2. The van der Waals surface area contributed by atoms with Crippen LogP contribution in [0.25, 0.3) is 0 Å². The number of likely N-dealkylation sites (tertiary alicyclic amines) is 1. The molecule has 1 heterocycles. The third-order valence-electron chi connectivity index (χ3n) is 4.78. The van der Waals surface area contributed by atoms with Crippen molar-refractivity contribution in [1.29, 1.82) is 0 Å². The minimum Gasteiger partial charge on any atom is -0.492 e. The van der Waals surface area contributed by atoms with Crippen LogP contribution in [0.4, 0.5) is 5.69 Å². The second-order valence-corrected chi connectivity index (χ2v) is 7.98. The van der Waals surface area contributed by atoms with Gasteiger partial charge in [0.15, 0.2) is 0 Å². The highest BCUT2D eigenvalue weighted by Crippen LogP contribution is 2.21. The number of rotatable bonds is 8. The topological polar surface area (TPSA) is 50.8 Å². The predicted molar refractivity (Wildman–Crippen MR) is 106 cm³/mol. The second kappa shape index (κ2) is 9.38. The van der Waals surface area contributed by atoms with Crippen LogP contribution in [0.5, 0.6) is 5.75 Å². The first-order valence-electron chi connectivity index (χ1n) is 9.70. The number of hydrogen-bond acceptors (Lipinski definition) is 4. The minimum atomic E-state index is -0.841. The van der Waals surface area contributed by atoms with E-state index in [9.17, 15) is 4.79 Å². The predicted octanol–water partition coefficient (Wildman–Crippen LogP) is 3.80. The van der Waals surface area contributed by atoms with E-state index in [1.165, 1.54) is 6.42 Å². The average molecular weight is 363 g/mol. The quantitative estimate of drug-likeness (QED) is 0.764. The molecule has 2 rings (SSSR count). The van der Waals surface area contributed by atoms with Crippen LogP contribution >= 0.6 is 0 Å². The first-order valence-corrected chi connectivity index (χ1v) is 9.70. The van der Waals surface area contributed by atoms with Gasteiger partial charge in [-0.3, -0.25) is 9.69 Å². The highest BCUT2D eigenvalue weighted by molar-refractivity contribution is 5.96. The monoisotopic (exact) mass is 362 g/mol. The van der Waals surface area contributed by atoms with Gasteiger partial charge in [0.1, 0.15) is 18.0 Å². The van der Waals surface area contributed by atoms with Crippen molar-refractivity contribution in [2.45, 2.75) is 46.6 Å². The fraction of sp³-hybridized carbons (Fsp3) is 0.667. The Kier molecular flexibility index (Phi) is 7.47. The molecule has 1 aliphatic rings. The molecule has 26 heavy (non-hydrogen) atoms. The summed E-state index contributed by atoms with van der Waals surface area (Å²) in [6.07, 6.45) is 1.32. The van der Waals surface area contributed by atoms with Gasteiger partial charge in [0.05, 0.1) is 0 Å². The Labute approximate surface area is 158 Å². The van der Waals surface area contributed by atoms with Gasteiger partial charge in [-0.25, -0.2) is 0 Å². The SMILES string of the molecule is CCOC(C)(C)C(=O)Nc1ccc(OCCN2C[C@H](C)C[C@@H](C)C2)cc1. The van der Waals surface area contributed by atoms with Crippen molar-refractivity contribution in [3.05, 3.63) is 24.3 Å². The lowest BCUT2D eigenvalue weighted by atomic mass is 9.92. The van der Waals surface area contributed by atoms with Crippen LogP contribution in [-0.2, 0) is 9.53 Å². The van der Waals surface area contributed by atoms with Crippen molar-refractivity contribution in [2.24, 2.45) is 11.8 Å². The van der Waals surface area contributed by atoms with Gasteiger partial charge in [-0.15, -0.1) is 0 Å². The Morgan fingerprint density at radius 1 is 1.19 bits per heavy atom. The molecule has 1 N–H and O–H groups in total. The van der Waals surface area contributed by atoms with E-state index in [0.717, 1.165) is 42.9 Å². The van der Waals surface area contributed by atoms with E-state index in [0.29, 0.717) is 13.2 Å². The van der Waals surface area contributed by atoms with Crippen LogP contribution in [0.15, 0.2) is 24.3 Å².